The third kappa shape index (κ3) is 3.24. The molecule has 1 fully saturated rings. The summed E-state index contributed by atoms with van der Waals surface area (Å²) in [5.74, 6) is 0. The van der Waals surface area contributed by atoms with Crippen molar-refractivity contribution in [3.63, 3.8) is 0 Å². The summed E-state index contributed by atoms with van der Waals surface area (Å²) in [6.07, 6.45) is 3.20. The van der Waals surface area contributed by atoms with Crippen LogP contribution >= 0.6 is 0 Å². The first-order chi connectivity index (χ1) is 8.72. The van der Waals surface area contributed by atoms with Crippen molar-refractivity contribution in [3.8, 4) is 6.07 Å². The molecule has 0 atom stereocenters. The Morgan fingerprint density at radius 2 is 2.00 bits per heavy atom. The first kappa shape index (κ1) is 12.9. The Labute approximate surface area is 110 Å². The average Bonchev–Trinajstić information content (AvgIpc) is 3.19. The maximum Gasteiger partial charge on any atom is 0.0635 e. The summed E-state index contributed by atoms with van der Waals surface area (Å²) in [5, 5.41) is 8.74. The molecule has 0 radical (unpaired) electrons. The SMILES string of the molecule is CN(C)c1ccccc1CN(CCC#N)C1CC1. The summed E-state index contributed by atoms with van der Waals surface area (Å²) in [6, 6.07) is 11.5. The number of nitrogens with zero attached hydrogens (tertiary/aromatic N) is 3. The summed E-state index contributed by atoms with van der Waals surface area (Å²) in [4.78, 5) is 4.61. The Morgan fingerprint density at radius 1 is 1.28 bits per heavy atom. The number of hydrogen-bond acceptors (Lipinski definition) is 3. The number of para-hydroxylation sites is 1. The van der Waals surface area contributed by atoms with E-state index in [-0.39, 0.29) is 0 Å². The zero-order valence-electron chi connectivity index (χ0n) is 11.3. The predicted octanol–water partition coefficient (Wildman–Crippen LogP) is 2.63. The zero-order valence-corrected chi connectivity index (χ0v) is 11.3. The fourth-order valence-corrected chi connectivity index (χ4v) is 2.32. The van der Waals surface area contributed by atoms with Gasteiger partial charge in [0.15, 0.2) is 0 Å². The zero-order chi connectivity index (χ0) is 13.0. The van der Waals surface area contributed by atoms with Crippen molar-refractivity contribution in [1.82, 2.24) is 4.90 Å². The molecule has 0 N–H and O–H groups in total. The minimum Gasteiger partial charge on any atom is -0.377 e. The summed E-state index contributed by atoms with van der Waals surface area (Å²) >= 11 is 0. The Morgan fingerprint density at radius 3 is 2.61 bits per heavy atom. The summed E-state index contributed by atoms with van der Waals surface area (Å²) in [5.41, 5.74) is 2.63. The van der Waals surface area contributed by atoms with Crippen LogP contribution in [-0.4, -0.2) is 31.6 Å². The van der Waals surface area contributed by atoms with E-state index in [0.29, 0.717) is 12.5 Å². The van der Waals surface area contributed by atoms with E-state index in [2.05, 4.69) is 54.2 Å². The van der Waals surface area contributed by atoms with E-state index in [1.54, 1.807) is 0 Å². The van der Waals surface area contributed by atoms with Gasteiger partial charge in [0.25, 0.3) is 0 Å². The maximum atomic E-state index is 8.74. The molecule has 1 saturated carbocycles. The van der Waals surface area contributed by atoms with E-state index in [4.69, 9.17) is 5.26 Å². The van der Waals surface area contributed by atoms with E-state index < -0.39 is 0 Å². The van der Waals surface area contributed by atoms with Crippen molar-refractivity contribution in [3.05, 3.63) is 29.8 Å². The predicted molar refractivity (Wildman–Crippen MR) is 74.4 cm³/mol. The number of hydrogen-bond donors (Lipinski definition) is 0. The lowest BCUT2D eigenvalue weighted by Crippen LogP contribution is -2.27. The number of nitriles is 1. The molecule has 0 spiro atoms. The minimum absolute atomic E-state index is 0.626. The van der Waals surface area contributed by atoms with E-state index in [0.717, 1.165) is 13.1 Å². The van der Waals surface area contributed by atoms with Gasteiger partial charge in [-0.2, -0.15) is 5.26 Å². The van der Waals surface area contributed by atoms with Gasteiger partial charge in [0.2, 0.25) is 0 Å². The highest BCUT2D eigenvalue weighted by atomic mass is 15.2. The van der Waals surface area contributed by atoms with Gasteiger partial charge in [0.05, 0.1) is 6.07 Å². The highest BCUT2D eigenvalue weighted by Crippen LogP contribution is 2.30. The van der Waals surface area contributed by atoms with Crippen molar-refractivity contribution < 1.29 is 0 Å². The molecule has 0 bridgehead atoms. The molecule has 96 valence electrons. The molecule has 2 rings (SSSR count). The highest BCUT2D eigenvalue weighted by molar-refractivity contribution is 5.52. The van der Waals surface area contributed by atoms with Gasteiger partial charge in [-0.3, -0.25) is 4.90 Å². The first-order valence-electron chi connectivity index (χ1n) is 6.58. The molecule has 1 aliphatic rings. The van der Waals surface area contributed by atoms with E-state index in [1.165, 1.54) is 24.1 Å². The van der Waals surface area contributed by atoms with E-state index >= 15 is 0 Å². The molecule has 3 heteroatoms. The van der Waals surface area contributed by atoms with Crippen molar-refractivity contribution in [1.29, 1.82) is 5.26 Å². The van der Waals surface area contributed by atoms with Gasteiger partial charge in [0.1, 0.15) is 0 Å². The van der Waals surface area contributed by atoms with Gasteiger partial charge in [-0.25, -0.2) is 0 Å². The molecule has 0 amide bonds. The van der Waals surface area contributed by atoms with Crippen LogP contribution in [0, 0.1) is 11.3 Å². The molecule has 1 aromatic rings. The van der Waals surface area contributed by atoms with Gasteiger partial charge >= 0.3 is 0 Å². The van der Waals surface area contributed by atoms with Crippen LogP contribution in [0.3, 0.4) is 0 Å². The van der Waals surface area contributed by atoms with Gasteiger partial charge < -0.3 is 4.90 Å². The Hall–Kier alpha value is -1.53. The van der Waals surface area contributed by atoms with Crippen molar-refractivity contribution in [2.24, 2.45) is 0 Å². The van der Waals surface area contributed by atoms with Gasteiger partial charge in [-0.05, 0) is 24.5 Å². The summed E-state index contributed by atoms with van der Waals surface area (Å²) in [7, 11) is 4.16. The lowest BCUT2D eigenvalue weighted by Gasteiger charge is -2.24. The topological polar surface area (TPSA) is 30.3 Å². The van der Waals surface area contributed by atoms with Crippen LogP contribution in [0.2, 0.25) is 0 Å². The standard InChI is InChI=1S/C15H21N3/c1-17(2)15-7-4-3-6-13(15)12-18(11-5-10-16)14-8-9-14/h3-4,6-7,14H,5,8-9,11-12H2,1-2H3. The van der Waals surface area contributed by atoms with E-state index in [1.807, 2.05) is 0 Å². The molecule has 3 nitrogen and oxygen atoms in total. The summed E-state index contributed by atoms with van der Waals surface area (Å²) in [6.45, 7) is 1.85. The van der Waals surface area contributed by atoms with Crippen LogP contribution in [0.5, 0.6) is 0 Å². The summed E-state index contributed by atoms with van der Waals surface area (Å²) < 4.78 is 0. The van der Waals surface area contributed by atoms with Crippen LogP contribution < -0.4 is 4.90 Å². The molecule has 0 aliphatic heterocycles. The molecule has 1 aromatic carbocycles. The fourth-order valence-electron chi connectivity index (χ4n) is 2.32. The van der Waals surface area contributed by atoms with Gasteiger partial charge in [-0.1, -0.05) is 18.2 Å². The maximum absolute atomic E-state index is 8.74. The molecule has 0 heterocycles. The Kier molecular flexibility index (Phi) is 4.22. The molecular weight excluding hydrogens is 222 g/mol. The smallest absolute Gasteiger partial charge is 0.0635 e. The third-order valence-electron chi connectivity index (χ3n) is 3.42. The molecular formula is C15H21N3. The normalized spacial score (nSPS) is 14.6. The van der Waals surface area contributed by atoms with Crippen molar-refractivity contribution in [2.45, 2.75) is 31.8 Å². The second kappa shape index (κ2) is 5.88. The molecule has 0 saturated heterocycles. The molecule has 0 aromatic heterocycles. The van der Waals surface area contributed by atoms with Crippen LogP contribution in [-0.2, 0) is 6.54 Å². The lowest BCUT2D eigenvalue weighted by molar-refractivity contribution is 0.261. The third-order valence-corrected chi connectivity index (χ3v) is 3.42. The first-order valence-corrected chi connectivity index (χ1v) is 6.58. The average molecular weight is 243 g/mol. The highest BCUT2D eigenvalue weighted by Gasteiger charge is 2.28. The quantitative estimate of drug-likeness (QED) is 0.769. The Bertz CT molecular complexity index is 430. The van der Waals surface area contributed by atoms with Crippen LogP contribution in [0.4, 0.5) is 5.69 Å². The number of rotatable bonds is 6. The van der Waals surface area contributed by atoms with Crippen LogP contribution in [0.15, 0.2) is 24.3 Å². The lowest BCUT2D eigenvalue weighted by atomic mass is 10.1. The fraction of sp³-hybridized carbons (Fsp3) is 0.533. The van der Waals surface area contributed by atoms with Crippen LogP contribution in [0.1, 0.15) is 24.8 Å². The number of benzene rings is 1. The van der Waals surface area contributed by atoms with Gasteiger partial charge in [-0.15, -0.1) is 0 Å². The molecule has 0 unspecified atom stereocenters. The molecule has 1 aliphatic carbocycles. The Balaban J connectivity index is 2.08. The second-order valence-corrected chi connectivity index (χ2v) is 5.13. The number of anilines is 1. The largest absolute Gasteiger partial charge is 0.377 e. The van der Waals surface area contributed by atoms with Crippen molar-refractivity contribution >= 4 is 5.69 Å². The molecule has 18 heavy (non-hydrogen) atoms. The van der Waals surface area contributed by atoms with E-state index in [9.17, 15) is 0 Å². The second-order valence-electron chi connectivity index (χ2n) is 5.13. The van der Waals surface area contributed by atoms with Gasteiger partial charge in [0, 0.05) is 45.3 Å². The van der Waals surface area contributed by atoms with Crippen molar-refractivity contribution in [2.75, 3.05) is 25.5 Å². The monoisotopic (exact) mass is 243 g/mol. The minimum atomic E-state index is 0.626. The van der Waals surface area contributed by atoms with Crippen LogP contribution in [0.25, 0.3) is 0 Å².